The standard InChI is InChI=1S/C43H29N3O/c1-3-10-28(11-4-1)30-18-20-31(21-19-30)34-24-25-36-39(27-34)47-38-17-9-16-37(40(36)38)43-45-41(32-13-5-2-6-14-32)44-42(46-43)35-23-22-29-12-7-8-15-33(29)26-35/h1-27,41H,(H,44,45,46). The van der Waals surface area contributed by atoms with E-state index in [-0.39, 0.29) is 6.17 Å². The Morgan fingerprint density at radius 2 is 1.15 bits per heavy atom. The van der Waals surface area contributed by atoms with Gasteiger partial charge in [0.15, 0.2) is 5.84 Å². The summed E-state index contributed by atoms with van der Waals surface area (Å²) in [6.07, 6.45) is -0.288. The fraction of sp³-hybridized carbons (Fsp3) is 0.0233. The van der Waals surface area contributed by atoms with Crippen molar-refractivity contribution < 1.29 is 4.42 Å². The second-order valence-electron chi connectivity index (χ2n) is 11.9. The summed E-state index contributed by atoms with van der Waals surface area (Å²) in [5.41, 5.74) is 9.37. The van der Waals surface area contributed by atoms with Crippen molar-refractivity contribution in [1.82, 2.24) is 5.32 Å². The van der Waals surface area contributed by atoms with E-state index < -0.39 is 0 Å². The van der Waals surface area contributed by atoms with Crippen LogP contribution in [-0.2, 0) is 0 Å². The largest absolute Gasteiger partial charge is 0.456 e. The van der Waals surface area contributed by atoms with E-state index in [1.807, 2.05) is 36.4 Å². The third-order valence-corrected chi connectivity index (χ3v) is 8.94. The van der Waals surface area contributed by atoms with Crippen LogP contribution in [0.15, 0.2) is 178 Å². The fourth-order valence-corrected chi connectivity index (χ4v) is 6.54. The van der Waals surface area contributed by atoms with E-state index in [0.29, 0.717) is 5.84 Å². The first-order valence-corrected chi connectivity index (χ1v) is 15.9. The Morgan fingerprint density at radius 3 is 1.96 bits per heavy atom. The molecule has 1 unspecified atom stereocenters. The van der Waals surface area contributed by atoms with Crippen LogP contribution in [0.25, 0.3) is 55.0 Å². The van der Waals surface area contributed by atoms with Gasteiger partial charge in [0.2, 0.25) is 0 Å². The monoisotopic (exact) mass is 603 g/mol. The van der Waals surface area contributed by atoms with Gasteiger partial charge in [0.05, 0.1) is 0 Å². The van der Waals surface area contributed by atoms with Gasteiger partial charge in [-0.15, -0.1) is 0 Å². The van der Waals surface area contributed by atoms with Crippen LogP contribution in [0.3, 0.4) is 0 Å². The molecule has 8 aromatic rings. The number of amidine groups is 2. The molecule has 1 aliphatic heterocycles. The average molecular weight is 604 g/mol. The Kier molecular flexibility index (Phi) is 6.50. The van der Waals surface area contributed by atoms with Crippen LogP contribution in [0.5, 0.6) is 0 Å². The second-order valence-corrected chi connectivity index (χ2v) is 11.9. The summed E-state index contributed by atoms with van der Waals surface area (Å²) in [4.78, 5) is 10.3. The van der Waals surface area contributed by atoms with Crippen LogP contribution in [0.2, 0.25) is 0 Å². The van der Waals surface area contributed by atoms with Crippen LogP contribution in [0, 0.1) is 0 Å². The third kappa shape index (κ3) is 4.97. The van der Waals surface area contributed by atoms with Gasteiger partial charge in [0.25, 0.3) is 0 Å². The molecule has 4 heteroatoms. The molecule has 0 saturated carbocycles. The molecule has 0 saturated heterocycles. The number of hydrogen-bond acceptors (Lipinski definition) is 4. The molecule has 0 bridgehead atoms. The molecule has 4 nitrogen and oxygen atoms in total. The van der Waals surface area contributed by atoms with Crippen LogP contribution >= 0.6 is 0 Å². The van der Waals surface area contributed by atoms with Crippen molar-refractivity contribution in [1.29, 1.82) is 0 Å². The maximum atomic E-state index is 6.50. The zero-order chi connectivity index (χ0) is 31.2. The lowest BCUT2D eigenvalue weighted by Gasteiger charge is -2.24. The number of fused-ring (bicyclic) bond motifs is 4. The Hall–Kier alpha value is -6.26. The van der Waals surface area contributed by atoms with E-state index in [4.69, 9.17) is 14.4 Å². The molecule has 0 spiro atoms. The summed E-state index contributed by atoms with van der Waals surface area (Å²) in [5, 5.41) is 8.08. The first-order valence-electron chi connectivity index (χ1n) is 15.9. The third-order valence-electron chi connectivity index (χ3n) is 8.94. The lowest BCUT2D eigenvalue weighted by atomic mass is 9.98. The minimum Gasteiger partial charge on any atom is -0.456 e. The Labute approximate surface area is 272 Å². The van der Waals surface area contributed by atoms with Gasteiger partial charge in [-0.2, -0.15) is 0 Å². The number of aliphatic imine (C=N–C) groups is 2. The molecule has 2 heterocycles. The van der Waals surface area contributed by atoms with E-state index in [0.717, 1.165) is 61.0 Å². The van der Waals surface area contributed by atoms with E-state index in [1.165, 1.54) is 16.5 Å². The SMILES string of the molecule is c1ccc(-c2ccc(-c3ccc4c(c3)oc3cccc(C5=NC(c6ccc7ccccc7c6)=NC(c6ccccc6)N5)c34)cc2)cc1. The summed E-state index contributed by atoms with van der Waals surface area (Å²) in [6.45, 7) is 0. The van der Waals surface area contributed by atoms with Gasteiger partial charge in [0.1, 0.15) is 23.2 Å². The normalized spacial score (nSPS) is 14.6. The summed E-state index contributed by atoms with van der Waals surface area (Å²) >= 11 is 0. The Morgan fingerprint density at radius 1 is 0.489 bits per heavy atom. The van der Waals surface area contributed by atoms with E-state index in [1.54, 1.807) is 0 Å². The highest BCUT2D eigenvalue weighted by atomic mass is 16.3. The molecular formula is C43H29N3O. The molecule has 0 aliphatic carbocycles. The van der Waals surface area contributed by atoms with Crippen molar-refractivity contribution in [3.05, 3.63) is 180 Å². The van der Waals surface area contributed by atoms with Gasteiger partial charge in [-0.25, -0.2) is 9.98 Å². The summed E-state index contributed by atoms with van der Waals surface area (Å²) < 4.78 is 6.50. The van der Waals surface area contributed by atoms with Gasteiger partial charge in [-0.1, -0.05) is 140 Å². The molecule has 1 N–H and O–H groups in total. The minimum atomic E-state index is -0.288. The molecule has 222 valence electrons. The highest BCUT2D eigenvalue weighted by molar-refractivity contribution is 6.22. The van der Waals surface area contributed by atoms with Crippen molar-refractivity contribution in [3.8, 4) is 22.3 Å². The second kappa shape index (κ2) is 11.3. The zero-order valence-electron chi connectivity index (χ0n) is 25.5. The highest BCUT2D eigenvalue weighted by Gasteiger charge is 2.24. The maximum Gasteiger partial charge on any atom is 0.159 e. The average Bonchev–Trinajstić information content (AvgIpc) is 3.53. The van der Waals surface area contributed by atoms with Crippen molar-refractivity contribution in [2.24, 2.45) is 9.98 Å². The molecule has 0 radical (unpaired) electrons. The number of rotatable bonds is 5. The first kappa shape index (κ1) is 27.1. The lowest BCUT2D eigenvalue weighted by molar-refractivity contribution is 0.668. The number of hydrogen-bond donors (Lipinski definition) is 1. The van der Waals surface area contributed by atoms with E-state index in [2.05, 4.69) is 133 Å². The lowest BCUT2D eigenvalue weighted by Crippen LogP contribution is -2.33. The predicted molar refractivity (Wildman–Crippen MR) is 194 cm³/mol. The number of nitrogens with one attached hydrogen (secondary N) is 1. The van der Waals surface area contributed by atoms with Crippen LogP contribution in [-0.4, -0.2) is 11.7 Å². The molecule has 7 aromatic carbocycles. The highest BCUT2D eigenvalue weighted by Crippen LogP contribution is 2.36. The molecule has 0 amide bonds. The summed E-state index contributed by atoms with van der Waals surface area (Å²) in [6, 6.07) is 56.9. The number of nitrogens with zero attached hydrogens (tertiary/aromatic N) is 2. The molecular weight excluding hydrogens is 574 g/mol. The zero-order valence-corrected chi connectivity index (χ0v) is 25.5. The van der Waals surface area contributed by atoms with E-state index in [9.17, 15) is 0 Å². The smallest absolute Gasteiger partial charge is 0.159 e. The minimum absolute atomic E-state index is 0.288. The maximum absolute atomic E-state index is 6.50. The van der Waals surface area contributed by atoms with Gasteiger partial charge in [0, 0.05) is 21.9 Å². The molecule has 47 heavy (non-hydrogen) atoms. The van der Waals surface area contributed by atoms with Crippen LogP contribution < -0.4 is 5.32 Å². The summed E-state index contributed by atoms with van der Waals surface area (Å²) in [7, 11) is 0. The molecule has 1 atom stereocenters. The molecule has 0 fully saturated rings. The van der Waals surface area contributed by atoms with Gasteiger partial charge in [-0.3, -0.25) is 0 Å². The summed E-state index contributed by atoms with van der Waals surface area (Å²) in [5.74, 6) is 1.47. The van der Waals surface area contributed by atoms with Crippen molar-refractivity contribution >= 4 is 44.4 Å². The topological polar surface area (TPSA) is 49.9 Å². The Bertz CT molecular complexity index is 2480. The van der Waals surface area contributed by atoms with Crippen molar-refractivity contribution in [2.75, 3.05) is 0 Å². The molecule has 9 rings (SSSR count). The number of benzene rings is 7. The van der Waals surface area contributed by atoms with Gasteiger partial charge in [-0.05, 0) is 62.9 Å². The number of furan rings is 1. The molecule has 1 aliphatic rings. The van der Waals surface area contributed by atoms with Crippen molar-refractivity contribution in [2.45, 2.75) is 6.17 Å². The van der Waals surface area contributed by atoms with E-state index >= 15 is 0 Å². The van der Waals surface area contributed by atoms with Crippen LogP contribution in [0.4, 0.5) is 0 Å². The van der Waals surface area contributed by atoms with Crippen molar-refractivity contribution in [3.63, 3.8) is 0 Å². The first-order chi connectivity index (χ1) is 23.3. The van der Waals surface area contributed by atoms with Crippen LogP contribution in [0.1, 0.15) is 22.9 Å². The van der Waals surface area contributed by atoms with Gasteiger partial charge >= 0.3 is 0 Å². The quantitative estimate of drug-likeness (QED) is 0.213. The fourth-order valence-electron chi connectivity index (χ4n) is 6.54. The predicted octanol–water partition coefficient (Wildman–Crippen LogP) is 10.6. The Balaban J connectivity index is 1.14. The van der Waals surface area contributed by atoms with Gasteiger partial charge < -0.3 is 9.73 Å². The molecule has 1 aromatic heterocycles.